The third-order valence-electron chi connectivity index (χ3n) is 2.51. The second-order valence-corrected chi connectivity index (χ2v) is 3.77. The zero-order valence-electron chi connectivity index (χ0n) is 9.91. The molecule has 1 atom stereocenters. The maximum Gasteiger partial charge on any atom is 0.323 e. The highest BCUT2D eigenvalue weighted by Gasteiger charge is 2.21. The molecule has 94 valence electrons. The molecular weight excluding hydrogens is 224 g/mol. The smallest absolute Gasteiger partial charge is 0.323 e. The first kappa shape index (κ1) is 13.1. The largest absolute Gasteiger partial charge is 0.480 e. The van der Waals surface area contributed by atoms with E-state index in [0.717, 1.165) is 0 Å². The molecule has 0 saturated heterocycles. The third-order valence-corrected chi connectivity index (χ3v) is 2.51. The number of rotatable bonds is 6. The molecule has 0 spiro atoms. The van der Waals surface area contributed by atoms with Gasteiger partial charge in [-0.15, -0.1) is 0 Å². The van der Waals surface area contributed by atoms with Crippen molar-refractivity contribution >= 4 is 11.9 Å². The Morgan fingerprint density at radius 3 is 2.71 bits per heavy atom. The van der Waals surface area contributed by atoms with Gasteiger partial charge in [0.15, 0.2) is 0 Å². The van der Waals surface area contributed by atoms with E-state index in [4.69, 9.17) is 5.11 Å². The van der Waals surface area contributed by atoms with Gasteiger partial charge >= 0.3 is 5.97 Å². The van der Waals surface area contributed by atoms with Gasteiger partial charge in [0.1, 0.15) is 25.7 Å². The first-order valence-electron chi connectivity index (χ1n) is 5.38. The summed E-state index contributed by atoms with van der Waals surface area (Å²) < 4.78 is 1.37. The lowest BCUT2D eigenvalue weighted by Crippen LogP contribution is -2.43. The van der Waals surface area contributed by atoms with Crippen molar-refractivity contribution in [1.82, 2.24) is 19.7 Å². The van der Waals surface area contributed by atoms with Crippen molar-refractivity contribution in [2.45, 2.75) is 32.9 Å². The van der Waals surface area contributed by atoms with Crippen LogP contribution in [-0.2, 0) is 16.1 Å². The molecule has 0 bridgehead atoms. The van der Waals surface area contributed by atoms with Crippen molar-refractivity contribution in [3.63, 3.8) is 0 Å². The van der Waals surface area contributed by atoms with E-state index in [0.29, 0.717) is 6.42 Å². The molecule has 0 aromatic carbocycles. The number of aliphatic carboxylic acids is 1. The zero-order valence-corrected chi connectivity index (χ0v) is 9.91. The summed E-state index contributed by atoms with van der Waals surface area (Å²) in [6.07, 6.45) is 3.46. The monoisotopic (exact) mass is 240 g/mol. The molecule has 0 aliphatic rings. The quantitative estimate of drug-likeness (QED) is 0.755. The summed E-state index contributed by atoms with van der Waals surface area (Å²) in [4.78, 5) is 27.7. The Labute approximate surface area is 99.1 Å². The lowest BCUT2D eigenvalue weighted by molar-refractivity contribution is -0.146. The number of amides is 1. The van der Waals surface area contributed by atoms with E-state index in [9.17, 15) is 9.59 Å². The molecule has 0 fully saturated rings. The Kier molecular flexibility index (Phi) is 4.62. The van der Waals surface area contributed by atoms with Crippen LogP contribution in [0.2, 0.25) is 0 Å². The van der Waals surface area contributed by atoms with Crippen LogP contribution in [0.15, 0.2) is 12.7 Å². The van der Waals surface area contributed by atoms with Gasteiger partial charge in [-0.3, -0.25) is 9.59 Å². The zero-order chi connectivity index (χ0) is 12.8. The van der Waals surface area contributed by atoms with Crippen LogP contribution < -0.4 is 0 Å². The van der Waals surface area contributed by atoms with Crippen LogP contribution in [0.25, 0.3) is 0 Å². The average Bonchev–Trinajstić information content (AvgIpc) is 2.77. The Balaban J connectivity index is 2.68. The molecule has 0 aliphatic carbocycles. The summed E-state index contributed by atoms with van der Waals surface area (Å²) in [6, 6.07) is -0.109. The molecule has 1 aromatic rings. The van der Waals surface area contributed by atoms with Gasteiger partial charge in [-0.2, -0.15) is 5.10 Å². The highest BCUT2D eigenvalue weighted by atomic mass is 16.4. The highest BCUT2D eigenvalue weighted by Crippen LogP contribution is 2.04. The molecule has 1 N–H and O–H groups in total. The van der Waals surface area contributed by atoms with Gasteiger partial charge in [0.05, 0.1) is 0 Å². The summed E-state index contributed by atoms with van der Waals surface area (Å²) in [7, 11) is 0. The van der Waals surface area contributed by atoms with Crippen LogP contribution >= 0.6 is 0 Å². The van der Waals surface area contributed by atoms with E-state index >= 15 is 0 Å². The van der Waals surface area contributed by atoms with Crippen molar-refractivity contribution in [1.29, 1.82) is 0 Å². The van der Waals surface area contributed by atoms with E-state index < -0.39 is 5.97 Å². The van der Waals surface area contributed by atoms with Gasteiger partial charge in [0.2, 0.25) is 5.91 Å². The van der Waals surface area contributed by atoms with E-state index in [1.54, 1.807) is 0 Å². The van der Waals surface area contributed by atoms with E-state index in [1.165, 1.54) is 22.2 Å². The number of aromatic nitrogens is 3. The summed E-state index contributed by atoms with van der Waals surface area (Å²) in [5.74, 6) is -1.29. The molecule has 0 aliphatic heterocycles. The molecule has 1 rings (SSSR count). The number of carboxylic acids is 1. The minimum absolute atomic E-state index is 0.0115. The minimum atomic E-state index is -1.02. The summed E-state index contributed by atoms with van der Waals surface area (Å²) in [5.41, 5.74) is 0. The lowest BCUT2D eigenvalue weighted by Gasteiger charge is -2.26. The van der Waals surface area contributed by atoms with E-state index in [2.05, 4.69) is 10.1 Å². The fourth-order valence-corrected chi connectivity index (χ4v) is 1.40. The number of carbonyl (C=O) groups is 2. The van der Waals surface area contributed by atoms with Crippen molar-refractivity contribution in [2.75, 3.05) is 6.54 Å². The number of nitrogens with zero attached hydrogens (tertiary/aromatic N) is 4. The van der Waals surface area contributed by atoms with Crippen LogP contribution in [0, 0.1) is 0 Å². The fourth-order valence-electron chi connectivity index (χ4n) is 1.40. The summed E-state index contributed by atoms with van der Waals surface area (Å²) >= 11 is 0. The van der Waals surface area contributed by atoms with Crippen LogP contribution in [-0.4, -0.2) is 49.2 Å². The molecule has 17 heavy (non-hydrogen) atoms. The molecule has 7 heteroatoms. The second kappa shape index (κ2) is 5.97. The number of hydrogen-bond acceptors (Lipinski definition) is 4. The van der Waals surface area contributed by atoms with Crippen LogP contribution in [0.1, 0.15) is 20.3 Å². The maximum absolute atomic E-state index is 11.9. The first-order chi connectivity index (χ1) is 8.04. The maximum atomic E-state index is 11.9. The highest BCUT2D eigenvalue weighted by molar-refractivity contribution is 5.81. The Hall–Kier alpha value is -1.92. The van der Waals surface area contributed by atoms with Crippen molar-refractivity contribution < 1.29 is 14.7 Å². The summed E-state index contributed by atoms with van der Waals surface area (Å²) in [6.45, 7) is 3.45. The van der Waals surface area contributed by atoms with Crippen molar-refractivity contribution in [3.05, 3.63) is 12.7 Å². The van der Waals surface area contributed by atoms with Gasteiger partial charge in [-0.1, -0.05) is 6.92 Å². The van der Waals surface area contributed by atoms with Crippen LogP contribution in [0.4, 0.5) is 0 Å². The number of carbonyl (C=O) groups excluding carboxylic acids is 1. The Morgan fingerprint density at radius 1 is 1.53 bits per heavy atom. The Morgan fingerprint density at radius 2 is 2.24 bits per heavy atom. The van der Waals surface area contributed by atoms with E-state index in [1.807, 2.05) is 13.8 Å². The number of hydrogen-bond donors (Lipinski definition) is 1. The molecule has 1 unspecified atom stereocenters. The van der Waals surface area contributed by atoms with Gasteiger partial charge in [0, 0.05) is 6.04 Å². The predicted molar refractivity (Wildman–Crippen MR) is 59.1 cm³/mol. The van der Waals surface area contributed by atoms with Crippen LogP contribution in [0.3, 0.4) is 0 Å². The average molecular weight is 240 g/mol. The van der Waals surface area contributed by atoms with Gasteiger partial charge in [0.25, 0.3) is 0 Å². The molecule has 1 aromatic heterocycles. The first-order valence-corrected chi connectivity index (χ1v) is 5.38. The summed E-state index contributed by atoms with van der Waals surface area (Å²) in [5, 5.41) is 12.6. The molecule has 1 amide bonds. The van der Waals surface area contributed by atoms with Gasteiger partial charge in [-0.25, -0.2) is 9.67 Å². The van der Waals surface area contributed by atoms with Crippen LogP contribution in [0.5, 0.6) is 0 Å². The number of carboxylic acid groups (broad SMARTS) is 1. The molecule has 1 heterocycles. The minimum Gasteiger partial charge on any atom is -0.480 e. The molecule has 7 nitrogen and oxygen atoms in total. The third kappa shape index (κ3) is 3.86. The van der Waals surface area contributed by atoms with Crippen molar-refractivity contribution in [3.8, 4) is 0 Å². The van der Waals surface area contributed by atoms with Crippen molar-refractivity contribution in [2.24, 2.45) is 0 Å². The van der Waals surface area contributed by atoms with Gasteiger partial charge < -0.3 is 10.0 Å². The predicted octanol–water partition coefficient (Wildman–Crippen LogP) is -0.0102. The lowest BCUT2D eigenvalue weighted by atomic mass is 10.2. The van der Waals surface area contributed by atoms with Gasteiger partial charge in [-0.05, 0) is 13.3 Å². The van der Waals surface area contributed by atoms with E-state index in [-0.39, 0.29) is 25.0 Å². The second-order valence-electron chi connectivity index (χ2n) is 3.77. The normalized spacial score (nSPS) is 12.1. The fraction of sp³-hybridized carbons (Fsp3) is 0.600. The topological polar surface area (TPSA) is 88.3 Å². The standard InChI is InChI=1S/C10H16N4O3/c1-3-8(2)14(5-10(16)17)9(15)4-13-7-11-6-12-13/h6-8H,3-5H2,1-2H3,(H,16,17). The molecule has 0 saturated carbocycles. The Bertz CT molecular complexity index is 377. The molecule has 0 radical (unpaired) electrons. The SMILES string of the molecule is CCC(C)N(CC(=O)O)C(=O)Cn1cncn1. The molecular formula is C10H16N4O3.